The lowest BCUT2D eigenvalue weighted by atomic mass is 10.3. The predicted octanol–water partition coefficient (Wildman–Crippen LogP) is 3.12. The van der Waals surface area contributed by atoms with E-state index in [4.69, 9.17) is 17.3 Å². The Morgan fingerprint density at radius 3 is 2.67 bits per heavy atom. The first-order valence-corrected chi connectivity index (χ1v) is 7.01. The van der Waals surface area contributed by atoms with Crippen LogP contribution < -0.4 is 11.1 Å². The molecule has 2 rings (SSSR count). The van der Waals surface area contributed by atoms with Gasteiger partial charge in [-0.1, -0.05) is 11.6 Å². The van der Waals surface area contributed by atoms with Gasteiger partial charge in [0.1, 0.15) is 9.75 Å². The third-order valence-electron chi connectivity index (χ3n) is 2.15. The summed E-state index contributed by atoms with van der Waals surface area (Å²) in [4.78, 5) is 24.8. The molecule has 0 spiro atoms. The zero-order valence-corrected chi connectivity index (χ0v) is 11.7. The first-order chi connectivity index (χ1) is 8.49. The highest BCUT2D eigenvalue weighted by Crippen LogP contribution is 2.28. The van der Waals surface area contributed by atoms with E-state index in [-0.39, 0.29) is 5.91 Å². The molecule has 0 aromatic carbocycles. The number of halogens is 1. The van der Waals surface area contributed by atoms with Crippen LogP contribution >= 0.6 is 34.3 Å². The second kappa shape index (κ2) is 5.09. The molecule has 94 valence electrons. The van der Waals surface area contributed by atoms with E-state index in [2.05, 4.69) is 5.32 Å². The van der Waals surface area contributed by atoms with E-state index in [1.807, 2.05) is 6.92 Å². The van der Waals surface area contributed by atoms with Crippen LogP contribution in [0, 0.1) is 6.92 Å². The van der Waals surface area contributed by atoms with Gasteiger partial charge in [-0.15, -0.1) is 22.7 Å². The molecular formula is C11H9ClN2O2S2. The van der Waals surface area contributed by atoms with Gasteiger partial charge in [-0.05, 0) is 24.4 Å². The standard InChI is InChI=1S/C11H9ClN2O2S2/c1-5-4-6(12)8(18-5)11(16)14-7-2-3-17-9(7)10(13)15/h2-4H,1H3,(H2,13,15)(H,14,16). The number of anilines is 1. The number of aryl methyl sites for hydroxylation is 1. The molecule has 2 heterocycles. The van der Waals surface area contributed by atoms with Crippen molar-refractivity contribution < 1.29 is 9.59 Å². The third kappa shape index (κ3) is 2.55. The first kappa shape index (κ1) is 13.1. The molecule has 18 heavy (non-hydrogen) atoms. The van der Waals surface area contributed by atoms with Crippen LogP contribution in [0.5, 0.6) is 0 Å². The van der Waals surface area contributed by atoms with Crippen LogP contribution in [0.1, 0.15) is 24.2 Å². The molecule has 0 atom stereocenters. The van der Waals surface area contributed by atoms with Crippen LogP contribution in [-0.2, 0) is 0 Å². The van der Waals surface area contributed by atoms with Crippen molar-refractivity contribution in [3.63, 3.8) is 0 Å². The van der Waals surface area contributed by atoms with Crippen molar-refractivity contribution in [1.82, 2.24) is 0 Å². The molecule has 0 saturated carbocycles. The topological polar surface area (TPSA) is 72.2 Å². The summed E-state index contributed by atoms with van der Waals surface area (Å²) in [6, 6.07) is 3.36. The molecule has 0 saturated heterocycles. The highest BCUT2D eigenvalue weighted by Gasteiger charge is 2.17. The summed E-state index contributed by atoms with van der Waals surface area (Å²) in [5, 5.41) is 4.74. The molecule has 0 aliphatic rings. The Balaban J connectivity index is 2.24. The molecule has 0 fully saturated rings. The normalized spacial score (nSPS) is 10.3. The summed E-state index contributed by atoms with van der Waals surface area (Å²) in [5.74, 6) is -0.896. The first-order valence-electron chi connectivity index (χ1n) is 4.93. The Hall–Kier alpha value is -1.37. The van der Waals surface area contributed by atoms with Crippen LogP contribution in [0.3, 0.4) is 0 Å². The van der Waals surface area contributed by atoms with Crippen LogP contribution in [0.2, 0.25) is 5.02 Å². The largest absolute Gasteiger partial charge is 0.365 e. The van der Waals surface area contributed by atoms with Crippen molar-refractivity contribution in [2.45, 2.75) is 6.92 Å². The van der Waals surface area contributed by atoms with Gasteiger partial charge in [0.05, 0.1) is 10.7 Å². The molecule has 0 aliphatic carbocycles. The van der Waals surface area contributed by atoms with E-state index in [9.17, 15) is 9.59 Å². The maximum atomic E-state index is 12.0. The summed E-state index contributed by atoms with van der Waals surface area (Å²) in [7, 11) is 0. The number of thiophene rings is 2. The van der Waals surface area contributed by atoms with E-state index in [0.717, 1.165) is 4.88 Å². The average Bonchev–Trinajstić information content (AvgIpc) is 2.85. The highest BCUT2D eigenvalue weighted by atomic mass is 35.5. The monoisotopic (exact) mass is 300 g/mol. The van der Waals surface area contributed by atoms with Crippen molar-refractivity contribution in [2.75, 3.05) is 5.32 Å². The Kier molecular flexibility index (Phi) is 3.70. The molecule has 0 unspecified atom stereocenters. The average molecular weight is 301 g/mol. The minimum atomic E-state index is -0.561. The molecular weight excluding hydrogens is 292 g/mol. The van der Waals surface area contributed by atoms with E-state index < -0.39 is 5.91 Å². The van der Waals surface area contributed by atoms with Gasteiger partial charge in [-0.3, -0.25) is 9.59 Å². The smallest absolute Gasteiger partial charge is 0.267 e. The zero-order chi connectivity index (χ0) is 13.3. The van der Waals surface area contributed by atoms with Gasteiger partial charge in [0.25, 0.3) is 11.8 Å². The fourth-order valence-corrected chi connectivity index (χ4v) is 3.35. The number of hydrogen-bond donors (Lipinski definition) is 2. The van der Waals surface area contributed by atoms with Crippen molar-refractivity contribution >= 4 is 51.8 Å². The summed E-state index contributed by atoms with van der Waals surface area (Å²) in [5.41, 5.74) is 5.62. The fourth-order valence-electron chi connectivity index (χ4n) is 1.42. The fraction of sp³-hybridized carbons (Fsp3) is 0.0909. The van der Waals surface area contributed by atoms with E-state index >= 15 is 0 Å². The van der Waals surface area contributed by atoms with Crippen molar-refractivity contribution in [1.29, 1.82) is 0 Å². The highest BCUT2D eigenvalue weighted by molar-refractivity contribution is 7.15. The Bertz CT molecular complexity index is 618. The van der Waals surface area contributed by atoms with Gasteiger partial charge >= 0.3 is 0 Å². The molecule has 4 nitrogen and oxygen atoms in total. The third-order valence-corrected chi connectivity index (χ3v) is 4.54. The Morgan fingerprint density at radius 2 is 2.11 bits per heavy atom. The second-order valence-corrected chi connectivity index (χ2v) is 6.10. The molecule has 3 N–H and O–H groups in total. The van der Waals surface area contributed by atoms with Gasteiger partial charge in [0.2, 0.25) is 0 Å². The van der Waals surface area contributed by atoms with Crippen LogP contribution in [0.25, 0.3) is 0 Å². The minimum Gasteiger partial charge on any atom is -0.365 e. The van der Waals surface area contributed by atoms with E-state index in [0.29, 0.717) is 20.5 Å². The number of nitrogens with two attached hydrogens (primary N) is 1. The number of rotatable bonds is 3. The lowest BCUT2D eigenvalue weighted by Gasteiger charge is -2.03. The van der Waals surface area contributed by atoms with Gasteiger partial charge in [0, 0.05) is 4.88 Å². The van der Waals surface area contributed by atoms with Gasteiger partial charge in [0.15, 0.2) is 0 Å². The second-order valence-electron chi connectivity index (χ2n) is 3.52. The number of primary amides is 1. The number of hydrogen-bond acceptors (Lipinski definition) is 4. The van der Waals surface area contributed by atoms with Gasteiger partial charge in [-0.25, -0.2) is 0 Å². The molecule has 7 heteroatoms. The van der Waals surface area contributed by atoms with E-state index in [1.54, 1.807) is 17.5 Å². The summed E-state index contributed by atoms with van der Waals surface area (Å²) in [6.45, 7) is 1.87. The Morgan fingerprint density at radius 1 is 1.39 bits per heavy atom. The summed E-state index contributed by atoms with van der Waals surface area (Å²) < 4.78 is 0. The maximum absolute atomic E-state index is 12.0. The van der Waals surface area contributed by atoms with Gasteiger partial charge < -0.3 is 11.1 Å². The Labute approximate surface area is 116 Å². The maximum Gasteiger partial charge on any atom is 0.267 e. The SMILES string of the molecule is Cc1cc(Cl)c(C(=O)Nc2ccsc2C(N)=O)s1. The number of nitrogens with one attached hydrogen (secondary N) is 1. The van der Waals surface area contributed by atoms with Gasteiger partial charge in [-0.2, -0.15) is 0 Å². The number of carbonyl (C=O) groups excluding carboxylic acids is 2. The van der Waals surface area contributed by atoms with Crippen molar-refractivity contribution in [3.8, 4) is 0 Å². The summed E-state index contributed by atoms with van der Waals surface area (Å²) >= 11 is 8.43. The molecule has 2 amide bonds. The van der Waals surface area contributed by atoms with Crippen molar-refractivity contribution in [3.05, 3.63) is 37.2 Å². The molecule has 0 aliphatic heterocycles. The predicted molar refractivity (Wildman–Crippen MR) is 74.9 cm³/mol. The van der Waals surface area contributed by atoms with Crippen LogP contribution in [0.15, 0.2) is 17.5 Å². The lowest BCUT2D eigenvalue weighted by Crippen LogP contribution is -2.15. The minimum absolute atomic E-state index is 0.327. The summed E-state index contributed by atoms with van der Waals surface area (Å²) in [6.07, 6.45) is 0. The molecule has 0 radical (unpaired) electrons. The van der Waals surface area contributed by atoms with Crippen LogP contribution in [-0.4, -0.2) is 11.8 Å². The number of amides is 2. The molecule has 2 aromatic heterocycles. The zero-order valence-electron chi connectivity index (χ0n) is 9.32. The lowest BCUT2D eigenvalue weighted by molar-refractivity contribution is 0.100. The molecule has 2 aromatic rings. The number of carbonyl (C=O) groups is 2. The van der Waals surface area contributed by atoms with Crippen molar-refractivity contribution in [2.24, 2.45) is 5.73 Å². The molecule has 0 bridgehead atoms. The quantitative estimate of drug-likeness (QED) is 0.914. The van der Waals surface area contributed by atoms with Crippen LogP contribution in [0.4, 0.5) is 5.69 Å². The van der Waals surface area contributed by atoms with E-state index in [1.165, 1.54) is 22.7 Å².